The van der Waals surface area contributed by atoms with Crippen LogP contribution in [0.4, 0.5) is 0 Å². The molecule has 1 aromatic carbocycles. The van der Waals surface area contributed by atoms with Crippen molar-refractivity contribution in [1.29, 1.82) is 0 Å². The van der Waals surface area contributed by atoms with Gasteiger partial charge in [0, 0.05) is 6.54 Å². The van der Waals surface area contributed by atoms with Crippen molar-refractivity contribution in [2.75, 3.05) is 13.7 Å². The summed E-state index contributed by atoms with van der Waals surface area (Å²) in [6.07, 6.45) is 1.23. The zero-order chi connectivity index (χ0) is 15.0. The number of nitrogens with two attached hydrogens (primary N) is 1. The highest BCUT2D eigenvalue weighted by molar-refractivity contribution is 5.99. The van der Waals surface area contributed by atoms with E-state index in [-0.39, 0.29) is 11.9 Å². The Balaban J connectivity index is 2.63. The van der Waals surface area contributed by atoms with E-state index < -0.39 is 0 Å². The van der Waals surface area contributed by atoms with Gasteiger partial charge in [-0.05, 0) is 37.1 Å². The van der Waals surface area contributed by atoms with E-state index in [9.17, 15) is 5.11 Å². The fourth-order valence-electron chi connectivity index (χ4n) is 1.82. The molecule has 0 aliphatic carbocycles. The number of methoxy groups -OCH3 is 1. The van der Waals surface area contributed by atoms with Crippen LogP contribution in [0.2, 0.25) is 0 Å². The van der Waals surface area contributed by atoms with Crippen LogP contribution < -0.4 is 15.8 Å². The Kier molecular flexibility index (Phi) is 6.83. The third-order valence-corrected chi connectivity index (χ3v) is 3.10. The molecule has 6 nitrogen and oxygen atoms in total. The maximum Gasteiger partial charge on any atom is 0.173 e. The topological polar surface area (TPSA) is 100 Å². The van der Waals surface area contributed by atoms with Crippen molar-refractivity contribution < 1.29 is 15.1 Å². The molecule has 6 heteroatoms. The summed E-state index contributed by atoms with van der Waals surface area (Å²) in [4.78, 5) is 0. The molecule has 0 heterocycles. The fraction of sp³-hybridized carbons (Fsp3) is 0.500. The van der Waals surface area contributed by atoms with Gasteiger partial charge in [-0.1, -0.05) is 18.1 Å². The van der Waals surface area contributed by atoms with Gasteiger partial charge in [-0.2, -0.15) is 0 Å². The Morgan fingerprint density at radius 2 is 2.25 bits per heavy atom. The summed E-state index contributed by atoms with van der Waals surface area (Å²) in [7, 11) is 1.54. The van der Waals surface area contributed by atoms with Gasteiger partial charge in [0.2, 0.25) is 0 Å². The summed E-state index contributed by atoms with van der Waals surface area (Å²) >= 11 is 0. The van der Waals surface area contributed by atoms with E-state index in [0.717, 1.165) is 24.9 Å². The third kappa shape index (κ3) is 4.71. The number of amidine groups is 1. The number of ether oxygens (including phenoxy) is 1. The number of nitrogens with one attached hydrogen (secondary N) is 1. The van der Waals surface area contributed by atoms with Gasteiger partial charge in [-0.25, -0.2) is 0 Å². The molecule has 112 valence electrons. The van der Waals surface area contributed by atoms with Crippen molar-refractivity contribution in [3.63, 3.8) is 0 Å². The number of hydrogen-bond acceptors (Lipinski definition) is 5. The molecule has 5 N–H and O–H groups in total. The summed E-state index contributed by atoms with van der Waals surface area (Å²) in [6, 6.07) is 5.51. The van der Waals surface area contributed by atoms with Gasteiger partial charge >= 0.3 is 0 Å². The van der Waals surface area contributed by atoms with Crippen molar-refractivity contribution in [3.8, 4) is 5.75 Å². The maximum atomic E-state index is 9.46. The molecule has 0 fully saturated rings. The molecule has 1 aromatic rings. The molecule has 0 amide bonds. The summed E-state index contributed by atoms with van der Waals surface area (Å²) in [5.74, 6) is 0.579. The van der Waals surface area contributed by atoms with Gasteiger partial charge in [0.1, 0.15) is 5.75 Å². The average molecular weight is 281 g/mol. The van der Waals surface area contributed by atoms with Crippen LogP contribution >= 0.6 is 0 Å². The van der Waals surface area contributed by atoms with Gasteiger partial charge in [0.05, 0.1) is 18.8 Å². The van der Waals surface area contributed by atoms with E-state index in [1.165, 1.54) is 7.11 Å². The van der Waals surface area contributed by atoms with Crippen LogP contribution in [0.3, 0.4) is 0 Å². The van der Waals surface area contributed by atoms with Crippen LogP contribution in [0, 0.1) is 0 Å². The van der Waals surface area contributed by atoms with Crippen LogP contribution in [-0.4, -0.2) is 35.9 Å². The van der Waals surface area contributed by atoms with E-state index in [1.54, 1.807) is 6.07 Å². The number of oxime groups is 1. The summed E-state index contributed by atoms with van der Waals surface area (Å²) in [5, 5.41) is 24.5. The number of aliphatic hydroxyl groups is 1. The molecular formula is C14H23N3O3. The number of rotatable bonds is 8. The second kappa shape index (κ2) is 8.39. The minimum absolute atomic E-state index is 0.0186. The predicted molar refractivity (Wildman–Crippen MR) is 78.1 cm³/mol. The molecule has 0 bridgehead atoms. The first-order valence-electron chi connectivity index (χ1n) is 6.66. The molecule has 0 spiro atoms. The predicted octanol–water partition coefficient (Wildman–Crippen LogP) is 1.04. The van der Waals surface area contributed by atoms with Crippen LogP contribution in [0.25, 0.3) is 0 Å². The first kappa shape index (κ1) is 16.3. The molecule has 0 saturated carbocycles. The van der Waals surface area contributed by atoms with Crippen molar-refractivity contribution in [1.82, 2.24) is 5.32 Å². The van der Waals surface area contributed by atoms with E-state index in [1.807, 2.05) is 19.1 Å². The fourth-order valence-corrected chi connectivity index (χ4v) is 1.82. The number of hydrogen-bond donors (Lipinski definition) is 4. The monoisotopic (exact) mass is 281 g/mol. The number of nitrogens with zero attached hydrogens (tertiary/aromatic N) is 1. The Hall–Kier alpha value is -1.79. The van der Waals surface area contributed by atoms with E-state index >= 15 is 0 Å². The lowest BCUT2D eigenvalue weighted by Gasteiger charge is -2.11. The molecule has 0 aliphatic heterocycles. The average Bonchev–Trinajstić information content (AvgIpc) is 2.50. The Labute approximate surface area is 119 Å². The molecule has 0 aromatic heterocycles. The zero-order valence-electron chi connectivity index (χ0n) is 12.0. The van der Waals surface area contributed by atoms with Crippen LogP contribution in [0.15, 0.2) is 23.4 Å². The minimum atomic E-state index is -0.258. The molecule has 1 atom stereocenters. The van der Waals surface area contributed by atoms with Crippen molar-refractivity contribution in [3.05, 3.63) is 29.3 Å². The van der Waals surface area contributed by atoms with Gasteiger partial charge in [0.25, 0.3) is 0 Å². The van der Waals surface area contributed by atoms with Crippen molar-refractivity contribution >= 4 is 5.84 Å². The van der Waals surface area contributed by atoms with Crippen LogP contribution in [0.5, 0.6) is 5.75 Å². The second-order valence-electron chi connectivity index (χ2n) is 4.55. The van der Waals surface area contributed by atoms with Gasteiger partial charge < -0.3 is 26.1 Å². The molecular weight excluding hydrogens is 258 g/mol. The van der Waals surface area contributed by atoms with E-state index in [0.29, 0.717) is 17.9 Å². The highest BCUT2D eigenvalue weighted by Crippen LogP contribution is 2.19. The lowest BCUT2D eigenvalue weighted by molar-refractivity contribution is 0.159. The number of aliphatic hydroxyl groups excluding tert-OH is 1. The second-order valence-corrected chi connectivity index (χ2v) is 4.55. The smallest absolute Gasteiger partial charge is 0.173 e. The molecule has 1 rings (SSSR count). The Bertz CT molecular complexity index is 449. The maximum absolute atomic E-state index is 9.46. The summed E-state index contributed by atoms with van der Waals surface area (Å²) in [6.45, 7) is 3.34. The first-order chi connectivity index (χ1) is 9.62. The molecule has 1 unspecified atom stereocenters. The highest BCUT2D eigenvalue weighted by Gasteiger charge is 2.09. The Morgan fingerprint density at radius 1 is 1.50 bits per heavy atom. The van der Waals surface area contributed by atoms with Gasteiger partial charge in [0.15, 0.2) is 5.84 Å². The molecule has 0 aliphatic rings. The molecule has 0 radical (unpaired) electrons. The van der Waals surface area contributed by atoms with Gasteiger partial charge in [-0.3, -0.25) is 0 Å². The molecule has 20 heavy (non-hydrogen) atoms. The highest BCUT2D eigenvalue weighted by atomic mass is 16.5. The number of benzene rings is 1. The standard InChI is InChI=1S/C14H23N3O3/c1-3-11(18)6-7-16-9-10-4-5-13(20-2)12(8-10)14(15)17-19/h4-5,8,11,16,18-19H,3,6-7,9H2,1-2H3,(H2,15,17). The van der Waals surface area contributed by atoms with Crippen molar-refractivity contribution in [2.45, 2.75) is 32.4 Å². The summed E-state index contributed by atoms with van der Waals surface area (Å²) < 4.78 is 5.17. The van der Waals surface area contributed by atoms with Crippen molar-refractivity contribution in [2.24, 2.45) is 10.9 Å². The quantitative estimate of drug-likeness (QED) is 0.187. The SMILES string of the molecule is CCC(O)CCNCc1ccc(OC)c(/C(N)=N/O)c1. The lowest BCUT2D eigenvalue weighted by Crippen LogP contribution is -2.20. The minimum Gasteiger partial charge on any atom is -0.496 e. The van der Waals surface area contributed by atoms with E-state index in [4.69, 9.17) is 15.7 Å². The first-order valence-corrected chi connectivity index (χ1v) is 6.66. The zero-order valence-corrected chi connectivity index (χ0v) is 12.0. The summed E-state index contributed by atoms with van der Waals surface area (Å²) in [5.41, 5.74) is 7.18. The lowest BCUT2D eigenvalue weighted by atomic mass is 10.1. The molecule has 0 saturated heterocycles. The Morgan fingerprint density at radius 3 is 2.85 bits per heavy atom. The van der Waals surface area contributed by atoms with Gasteiger partial charge in [-0.15, -0.1) is 0 Å². The van der Waals surface area contributed by atoms with Crippen LogP contribution in [0.1, 0.15) is 30.9 Å². The third-order valence-electron chi connectivity index (χ3n) is 3.10. The normalized spacial score (nSPS) is 13.2. The van der Waals surface area contributed by atoms with E-state index in [2.05, 4.69) is 10.5 Å². The largest absolute Gasteiger partial charge is 0.496 e. The van der Waals surface area contributed by atoms with Crippen LogP contribution in [-0.2, 0) is 6.54 Å².